The Morgan fingerprint density at radius 2 is 2.00 bits per heavy atom. The Hall–Kier alpha value is -1.65. The molecule has 6 nitrogen and oxygen atoms in total. The zero-order valence-corrected chi connectivity index (χ0v) is 18.7. The number of carbonyl (C=O) groups excluding carboxylic acids is 1. The maximum absolute atomic E-state index is 13.9. The fourth-order valence-electron chi connectivity index (χ4n) is 3.14. The van der Waals surface area contributed by atoms with Gasteiger partial charge in [0.1, 0.15) is 17.3 Å². The average Bonchev–Trinajstić information content (AvgIpc) is 3.11. The number of hydrogen-bond donors (Lipinski definition) is 2. The molecule has 2 rings (SSSR count). The summed E-state index contributed by atoms with van der Waals surface area (Å²) in [5.41, 5.74) is 0.0374. The lowest BCUT2D eigenvalue weighted by Crippen LogP contribution is -2.45. The number of nitrogens with one attached hydrogen (secondary N) is 2. The molecule has 0 radical (unpaired) electrons. The van der Waals surface area contributed by atoms with E-state index in [1.165, 1.54) is 25.3 Å². The largest absolute Gasteiger partial charge is 0.469 e. The number of anilines is 1. The summed E-state index contributed by atoms with van der Waals surface area (Å²) in [7, 11) is 3.08. The number of guanidine groups is 1. The van der Waals surface area contributed by atoms with E-state index in [9.17, 15) is 13.6 Å². The van der Waals surface area contributed by atoms with E-state index >= 15 is 0 Å². The molecule has 1 aromatic rings. The van der Waals surface area contributed by atoms with Crippen LogP contribution in [0.15, 0.2) is 23.2 Å². The van der Waals surface area contributed by atoms with E-state index in [0.29, 0.717) is 25.5 Å². The monoisotopic (exact) mass is 510 g/mol. The minimum absolute atomic E-state index is 0. The van der Waals surface area contributed by atoms with Crippen molar-refractivity contribution >= 4 is 41.6 Å². The van der Waals surface area contributed by atoms with Gasteiger partial charge in [-0.1, -0.05) is 12.5 Å². The highest BCUT2D eigenvalue weighted by molar-refractivity contribution is 14.0. The van der Waals surface area contributed by atoms with Gasteiger partial charge in [-0.05, 0) is 31.4 Å². The quantitative estimate of drug-likeness (QED) is 0.185. The van der Waals surface area contributed by atoms with Gasteiger partial charge in [-0.3, -0.25) is 9.79 Å². The molecule has 0 aliphatic carbocycles. The second-order valence-corrected chi connectivity index (χ2v) is 6.53. The van der Waals surface area contributed by atoms with E-state index in [2.05, 4.69) is 20.4 Å². The molecule has 9 heteroatoms. The number of aliphatic imine (C=N–C) groups is 1. The molecule has 1 heterocycles. The van der Waals surface area contributed by atoms with Gasteiger partial charge in [-0.15, -0.1) is 24.0 Å². The molecule has 1 saturated heterocycles. The van der Waals surface area contributed by atoms with Gasteiger partial charge < -0.3 is 20.3 Å². The molecular formula is C19H29F2IN4O2. The zero-order valence-electron chi connectivity index (χ0n) is 16.3. The number of halogens is 3. The first-order chi connectivity index (χ1) is 13.0. The third-order valence-corrected chi connectivity index (χ3v) is 4.58. The number of hydrogen-bond acceptors (Lipinski definition) is 4. The summed E-state index contributed by atoms with van der Waals surface area (Å²) in [5.74, 6) is -0.587. The van der Waals surface area contributed by atoms with Gasteiger partial charge in [0.05, 0.1) is 7.11 Å². The van der Waals surface area contributed by atoms with E-state index in [-0.39, 0.29) is 41.7 Å². The lowest BCUT2D eigenvalue weighted by molar-refractivity contribution is -0.140. The molecule has 1 aromatic carbocycles. The fourth-order valence-corrected chi connectivity index (χ4v) is 3.14. The molecule has 2 N–H and O–H groups in total. The highest BCUT2D eigenvalue weighted by Crippen LogP contribution is 2.26. The Morgan fingerprint density at radius 3 is 2.64 bits per heavy atom. The molecule has 1 aliphatic heterocycles. The molecule has 158 valence electrons. The molecule has 28 heavy (non-hydrogen) atoms. The topological polar surface area (TPSA) is 66.0 Å². The molecule has 1 aliphatic rings. The summed E-state index contributed by atoms with van der Waals surface area (Å²) < 4.78 is 32.5. The summed E-state index contributed by atoms with van der Waals surface area (Å²) in [4.78, 5) is 17.0. The van der Waals surface area contributed by atoms with Gasteiger partial charge in [0.25, 0.3) is 0 Å². The summed E-state index contributed by atoms with van der Waals surface area (Å²) >= 11 is 0. The van der Waals surface area contributed by atoms with E-state index in [1.807, 2.05) is 0 Å². The van der Waals surface area contributed by atoms with E-state index in [4.69, 9.17) is 0 Å². The van der Waals surface area contributed by atoms with Crippen LogP contribution < -0.4 is 15.5 Å². The van der Waals surface area contributed by atoms with Crippen molar-refractivity contribution in [1.29, 1.82) is 0 Å². The lowest BCUT2D eigenvalue weighted by atomic mass is 10.2. The number of rotatable bonds is 8. The van der Waals surface area contributed by atoms with Crippen LogP contribution in [-0.2, 0) is 9.53 Å². The Bertz CT molecular complexity index is 641. The number of ether oxygens (including phenoxy) is 1. The molecule has 0 saturated carbocycles. The van der Waals surface area contributed by atoms with E-state index in [0.717, 1.165) is 32.2 Å². The Kier molecular flexibility index (Phi) is 11.1. The standard InChI is InChI=1S/C19H28F2N4O2.HI/c1-22-19(23-11-5-3-4-9-17(26)27-2)24-14-10-12-25(13-14)18-15(20)7-6-8-16(18)21;/h6-8,14H,3-5,9-13H2,1-2H3,(H2,22,23,24);1H. The van der Waals surface area contributed by atoms with Crippen molar-refractivity contribution in [3.63, 3.8) is 0 Å². The van der Waals surface area contributed by atoms with E-state index in [1.54, 1.807) is 11.9 Å². The number of unbranched alkanes of at least 4 members (excludes halogenated alkanes) is 2. The summed E-state index contributed by atoms with van der Waals surface area (Å²) in [5, 5.41) is 6.53. The van der Waals surface area contributed by atoms with Gasteiger partial charge in [-0.2, -0.15) is 0 Å². The first-order valence-electron chi connectivity index (χ1n) is 9.28. The molecule has 1 atom stereocenters. The average molecular weight is 510 g/mol. The Morgan fingerprint density at radius 1 is 1.29 bits per heavy atom. The van der Waals surface area contributed by atoms with Crippen molar-refractivity contribution in [3.05, 3.63) is 29.8 Å². The van der Waals surface area contributed by atoms with Crippen molar-refractivity contribution in [2.45, 2.75) is 38.1 Å². The predicted molar refractivity (Wildman–Crippen MR) is 117 cm³/mol. The van der Waals surface area contributed by atoms with Crippen LogP contribution in [0.2, 0.25) is 0 Å². The van der Waals surface area contributed by atoms with Crippen LogP contribution in [0.25, 0.3) is 0 Å². The zero-order chi connectivity index (χ0) is 19.6. The summed E-state index contributed by atoms with van der Waals surface area (Å²) in [6.07, 6.45) is 3.84. The first-order valence-corrected chi connectivity index (χ1v) is 9.28. The fraction of sp³-hybridized carbons (Fsp3) is 0.579. The van der Waals surface area contributed by atoms with Crippen molar-refractivity contribution in [1.82, 2.24) is 10.6 Å². The highest BCUT2D eigenvalue weighted by atomic mass is 127. The number of esters is 1. The number of nitrogens with zero attached hydrogens (tertiary/aromatic N) is 2. The molecule has 0 aromatic heterocycles. The summed E-state index contributed by atoms with van der Waals surface area (Å²) in [6.45, 7) is 1.83. The van der Waals surface area contributed by atoms with Crippen molar-refractivity contribution in [3.8, 4) is 0 Å². The Balaban J connectivity index is 0.00000392. The highest BCUT2D eigenvalue weighted by Gasteiger charge is 2.27. The van der Waals surface area contributed by atoms with Gasteiger partial charge >= 0.3 is 5.97 Å². The van der Waals surface area contributed by atoms with Crippen molar-refractivity contribution in [2.75, 3.05) is 38.7 Å². The first kappa shape index (κ1) is 24.4. The van der Waals surface area contributed by atoms with Gasteiger partial charge in [0.15, 0.2) is 5.96 Å². The number of benzene rings is 1. The van der Waals surface area contributed by atoms with Crippen LogP contribution in [-0.4, -0.2) is 51.8 Å². The molecule has 0 bridgehead atoms. The van der Waals surface area contributed by atoms with Crippen LogP contribution in [0.4, 0.5) is 14.5 Å². The second kappa shape index (κ2) is 12.7. The van der Waals surface area contributed by atoms with Crippen molar-refractivity contribution < 1.29 is 18.3 Å². The maximum atomic E-state index is 13.9. The van der Waals surface area contributed by atoms with E-state index < -0.39 is 11.6 Å². The van der Waals surface area contributed by atoms with Gasteiger partial charge in [0, 0.05) is 39.1 Å². The predicted octanol–water partition coefficient (Wildman–Crippen LogP) is 3.06. The molecule has 0 spiro atoms. The van der Waals surface area contributed by atoms with Gasteiger partial charge in [0.2, 0.25) is 0 Å². The third-order valence-electron chi connectivity index (χ3n) is 4.58. The third kappa shape index (κ3) is 7.40. The summed E-state index contributed by atoms with van der Waals surface area (Å²) in [6, 6.07) is 3.99. The molecular weight excluding hydrogens is 481 g/mol. The molecule has 1 unspecified atom stereocenters. The normalized spacial score (nSPS) is 16.5. The smallest absolute Gasteiger partial charge is 0.305 e. The van der Waals surface area contributed by atoms with Crippen molar-refractivity contribution in [2.24, 2.45) is 4.99 Å². The van der Waals surface area contributed by atoms with Crippen LogP contribution >= 0.6 is 24.0 Å². The maximum Gasteiger partial charge on any atom is 0.305 e. The SMILES string of the molecule is CN=C(NCCCCCC(=O)OC)NC1CCN(c2c(F)cccc2F)C1.I. The van der Waals surface area contributed by atoms with Crippen LogP contribution in [0, 0.1) is 11.6 Å². The number of methoxy groups -OCH3 is 1. The number of para-hydroxylation sites is 1. The lowest BCUT2D eigenvalue weighted by Gasteiger charge is -2.21. The van der Waals surface area contributed by atoms with Crippen LogP contribution in [0.5, 0.6) is 0 Å². The Labute approximate surface area is 182 Å². The molecule has 1 fully saturated rings. The molecule has 0 amide bonds. The minimum Gasteiger partial charge on any atom is -0.469 e. The van der Waals surface area contributed by atoms with Gasteiger partial charge in [-0.25, -0.2) is 8.78 Å². The minimum atomic E-state index is -0.537. The van der Waals surface area contributed by atoms with Crippen LogP contribution in [0.3, 0.4) is 0 Å². The number of carbonyl (C=O) groups is 1. The second-order valence-electron chi connectivity index (χ2n) is 6.53. The van der Waals surface area contributed by atoms with Crippen LogP contribution in [0.1, 0.15) is 32.1 Å².